The lowest BCUT2D eigenvalue weighted by Gasteiger charge is -2.26. The van der Waals surface area contributed by atoms with Crippen molar-refractivity contribution in [1.29, 1.82) is 0 Å². The normalized spacial score (nSPS) is 11.5. The molecule has 1 aromatic heterocycles. The highest BCUT2D eigenvalue weighted by atomic mass is 16.3. The number of aliphatic hydroxyl groups excluding tert-OH is 1. The molecule has 1 rings (SSSR count). The Labute approximate surface area is 90.9 Å². The zero-order valence-corrected chi connectivity index (χ0v) is 9.86. The van der Waals surface area contributed by atoms with Gasteiger partial charge < -0.3 is 10.0 Å². The molecule has 0 aliphatic carbocycles. The van der Waals surface area contributed by atoms with Crippen LogP contribution in [0.5, 0.6) is 0 Å². The van der Waals surface area contributed by atoms with Crippen LogP contribution in [0.15, 0.2) is 12.1 Å². The van der Waals surface area contributed by atoms with E-state index in [1.54, 1.807) is 6.07 Å². The molecule has 0 saturated heterocycles. The topological polar surface area (TPSA) is 49.2 Å². The summed E-state index contributed by atoms with van der Waals surface area (Å²) >= 11 is 0. The Bertz CT molecular complexity index is 303. The lowest BCUT2D eigenvalue weighted by atomic mass is 9.96. The molecule has 0 fully saturated rings. The van der Waals surface area contributed by atoms with E-state index in [1.165, 1.54) is 0 Å². The molecule has 1 heterocycles. The van der Waals surface area contributed by atoms with Gasteiger partial charge in [0.25, 0.3) is 0 Å². The van der Waals surface area contributed by atoms with Crippen LogP contribution < -0.4 is 4.90 Å². The third-order valence-electron chi connectivity index (χ3n) is 1.97. The number of nitrogens with zero attached hydrogens (tertiary/aromatic N) is 3. The van der Waals surface area contributed by atoms with E-state index in [-0.39, 0.29) is 12.0 Å². The van der Waals surface area contributed by atoms with E-state index in [2.05, 4.69) is 35.9 Å². The molecule has 4 heteroatoms. The van der Waals surface area contributed by atoms with Crippen LogP contribution in [0.2, 0.25) is 0 Å². The molecular weight excluding hydrogens is 190 g/mol. The summed E-state index contributed by atoms with van der Waals surface area (Å²) in [6.45, 7) is 7.40. The van der Waals surface area contributed by atoms with Crippen LogP contribution in [0, 0.1) is 5.41 Å². The van der Waals surface area contributed by atoms with Gasteiger partial charge in [-0.15, -0.1) is 5.10 Å². The van der Waals surface area contributed by atoms with Gasteiger partial charge in [0.05, 0.1) is 12.3 Å². The molecule has 0 amide bonds. The van der Waals surface area contributed by atoms with Gasteiger partial charge >= 0.3 is 0 Å². The summed E-state index contributed by atoms with van der Waals surface area (Å²) in [6, 6.07) is 3.67. The van der Waals surface area contributed by atoms with Gasteiger partial charge in [0, 0.05) is 13.6 Å². The monoisotopic (exact) mass is 209 g/mol. The number of aromatic nitrogens is 2. The Morgan fingerprint density at radius 2 is 1.93 bits per heavy atom. The third-order valence-corrected chi connectivity index (χ3v) is 1.97. The Balaban J connectivity index is 2.70. The molecule has 0 atom stereocenters. The highest BCUT2D eigenvalue weighted by Crippen LogP contribution is 2.17. The fourth-order valence-corrected chi connectivity index (χ4v) is 1.43. The molecule has 0 unspecified atom stereocenters. The van der Waals surface area contributed by atoms with Gasteiger partial charge in [0.2, 0.25) is 0 Å². The number of anilines is 1. The summed E-state index contributed by atoms with van der Waals surface area (Å²) in [5, 5.41) is 16.8. The largest absolute Gasteiger partial charge is 0.390 e. The van der Waals surface area contributed by atoms with Gasteiger partial charge in [-0.25, -0.2) is 0 Å². The van der Waals surface area contributed by atoms with Crippen molar-refractivity contribution in [2.75, 3.05) is 18.5 Å². The van der Waals surface area contributed by atoms with E-state index < -0.39 is 0 Å². The minimum Gasteiger partial charge on any atom is -0.390 e. The SMILES string of the molecule is CN(CC(C)(C)C)c1ccc(CO)nn1. The minimum atomic E-state index is -0.0593. The fourth-order valence-electron chi connectivity index (χ4n) is 1.43. The first-order valence-electron chi connectivity index (χ1n) is 5.07. The summed E-state index contributed by atoms with van der Waals surface area (Å²) in [4.78, 5) is 2.06. The van der Waals surface area contributed by atoms with E-state index in [9.17, 15) is 0 Å². The van der Waals surface area contributed by atoms with Crippen molar-refractivity contribution in [3.05, 3.63) is 17.8 Å². The highest BCUT2D eigenvalue weighted by Gasteiger charge is 2.14. The first-order chi connectivity index (χ1) is 6.92. The average Bonchev–Trinajstić information content (AvgIpc) is 2.15. The van der Waals surface area contributed by atoms with Crippen molar-refractivity contribution in [1.82, 2.24) is 10.2 Å². The molecule has 84 valence electrons. The predicted octanol–water partition coefficient (Wildman–Crippen LogP) is 1.45. The second-order valence-corrected chi connectivity index (χ2v) is 4.96. The molecular formula is C11H19N3O. The number of aliphatic hydroxyl groups is 1. The van der Waals surface area contributed by atoms with Crippen molar-refractivity contribution in [3.8, 4) is 0 Å². The lowest BCUT2D eigenvalue weighted by Crippen LogP contribution is -2.29. The third kappa shape index (κ3) is 3.83. The molecule has 4 nitrogen and oxygen atoms in total. The molecule has 0 aliphatic rings. The Morgan fingerprint density at radius 3 is 2.33 bits per heavy atom. The lowest BCUT2D eigenvalue weighted by molar-refractivity contribution is 0.275. The van der Waals surface area contributed by atoms with Crippen LogP contribution in [0.25, 0.3) is 0 Å². The van der Waals surface area contributed by atoms with E-state index in [0.717, 1.165) is 12.4 Å². The zero-order chi connectivity index (χ0) is 11.5. The van der Waals surface area contributed by atoms with Crippen molar-refractivity contribution < 1.29 is 5.11 Å². The van der Waals surface area contributed by atoms with Gasteiger partial charge in [-0.2, -0.15) is 5.10 Å². The molecule has 1 N–H and O–H groups in total. The summed E-state index contributed by atoms with van der Waals surface area (Å²) in [5.41, 5.74) is 0.828. The van der Waals surface area contributed by atoms with Crippen LogP contribution in [0.4, 0.5) is 5.82 Å². The van der Waals surface area contributed by atoms with E-state index in [0.29, 0.717) is 5.69 Å². The van der Waals surface area contributed by atoms with Crippen molar-refractivity contribution in [2.24, 2.45) is 5.41 Å². The number of rotatable bonds is 3. The van der Waals surface area contributed by atoms with E-state index >= 15 is 0 Å². The van der Waals surface area contributed by atoms with Crippen LogP contribution in [-0.4, -0.2) is 28.9 Å². The van der Waals surface area contributed by atoms with Crippen LogP contribution in [-0.2, 0) is 6.61 Å². The molecule has 0 spiro atoms. The maximum Gasteiger partial charge on any atom is 0.151 e. The van der Waals surface area contributed by atoms with Gasteiger partial charge in [0.1, 0.15) is 0 Å². The Hall–Kier alpha value is -1.16. The molecule has 0 bridgehead atoms. The van der Waals surface area contributed by atoms with Gasteiger partial charge in [-0.3, -0.25) is 0 Å². The van der Waals surface area contributed by atoms with Gasteiger partial charge in [-0.1, -0.05) is 20.8 Å². The van der Waals surface area contributed by atoms with Crippen molar-refractivity contribution in [3.63, 3.8) is 0 Å². The van der Waals surface area contributed by atoms with Gasteiger partial charge in [0.15, 0.2) is 5.82 Å². The first-order valence-corrected chi connectivity index (χ1v) is 5.07. The molecule has 15 heavy (non-hydrogen) atoms. The van der Waals surface area contributed by atoms with Crippen LogP contribution >= 0.6 is 0 Å². The molecule has 0 aromatic carbocycles. The molecule has 0 saturated carbocycles. The quantitative estimate of drug-likeness (QED) is 0.818. The smallest absolute Gasteiger partial charge is 0.151 e. The maximum absolute atomic E-state index is 8.84. The minimum absolute atomic E-state index is 0.0593. The summed E-state index contributed by atoms with van der Waals surface area (Å²) in [5.74, 6) is 0.835. The first kappa shape index (κ1) is 11.9. The number of hydrogen-bond acceptors (Lipinski definition) is 4. The van der Waals surface area contributed by atoms with Crippen LogP contribution in [0.1, 0.15) is 26.5 Å². The highest BCUT2D eigenvalue weighted by molar-refractivity contribution is 5.36. The molecule has 0 radical (unpaired) electrons. The molecule has 0 aliphatic heterocycles. The summed E-state index contributed by atoms with van der Waals surface area (Å²) < 4.78 is 0. The van der Waals surface area contributed by atoms with E-state index in [1.807, 2.05) is 13.1 Å². The second-order valence-electron chi connectivity index (χ2n) is 4.96. The van der Waals surface area contributed by atoms with E-state index in [4.69, 9.17) is 5.11 Å². The van der Waals surface area contributed by atoms with Gasteiger partial charge in [-0.05, 0) is 17.5 Å². The van der Waals surface area contributed by atoms with Crippen molar-refractivity contribution in [2.45, 2.75) is 27.4 Å². The maximum atomic E-state index is 8.84. The summed E-state index contributed by atoms with van der Waals surface area (Å²) in [7, 11) is 1.99. The van der Waals surface area contributed by atoms with Crippen molar-refractivity contribution >= 4 is 5.82 Å². The fraction of sp³-hybridized carbons (Fsp3) is 0.636. The number of hydrogen-bond donors (Lipinski definition) is 1. The van der Waals surface area contributed by atoms with Crippen LogP contribution in [0.3, 0.4) is 0 Å². The predicted molar refractivity (Wildman–Crippen MR) is 60.7 cm³/mol. The Morgan fingerprint density at radius 1 is 1.27 bits per heavy atom. The zero-order valence-electron chi connectivity index (χ0n) is 9.86. The second kappa shape index (κ2) is 4.57. The molecule has 1 aromatic rings. The standard InChI is InChI=1S/C11H19N3O/c1-11(2,3)8-14(4)10-6-5-9(7-15)12-13-10/h5-6,15H,7-8H2,1-4H3. The Kier molecular flexibility index (Phi) is 3.63. The average molecular weight is 209 g/mol. The summed E-state index contributed by atoms with van der Waals surface area (Å²) in [6.07, 6.45) is 0.